The van der Waals surface area contributed by atoms with Crippen molar-refractivity contribution in [2.24, 2.45) is 0 Å². The normalized spacial score (nSPS) is 11.7. The highest BCUT2D eigenvalue weighted by molar-refractivity contribution is 9.10. The lowest BCUT2D eigenvalue weighted by Gasteiger charge is -2.14. The molecule has 0 bridgehead atoms. The molecule has 0 aliphatic carbocycles. The lowest BCUT2D eigenvalue weighted by atomic mass is 10.1. The summed E-state index contributed by atoms with van der Waals surface area (Å²) in [5.74, 6) is -2.42. The summed E-state index contributed by atoms with van der Waals surface area (Å²) in [4.78, 5) is 23.8. The number of esters is 1. The maximum absolute atomic E-state index is 13.7. The van der Waals surface area contributed by atoms with Crippen molar-refractivity contribution in [1.82, 2.24) is 0 Å². The highest BCUT2D eigenvalue weighted by Crippen LogP contribution is 2.19. The summed E-state index contributed by atoms with van der Waals surface area (Å²) in [5, 5.41) is 2.34. The molecule has 2 rings (SSSR count). The van der Waals surface area contributed by atoms with Crippen LogP contribution in [0, 0.1) is 11.6 Å². The largest absolute Gasteiger partial charge is 0.452 e. The molecule has 0 fully saturated rings. The Hall–Kier alpha value is -2.28. The monoisotopic (exact) mass is 397 g/mol. The van der Waals surface area contributed by atoms with Gasteiger partial charge in [0.25, 0.3) is 5.91 Å². The van der Waals surface area contributed by atoms with E-state index in [1.54, 1.807) is 12.1 Å². The smallest absolute Gasteiger partial charge is 0.311 e. The first-order chi connectivity index (χ1) is 11.3. The number of hydrogen-bond donors (Lipinski definition) is 1. The van der Waals surface area contributed by atoms with E-state index in [0.29, 0.717) is 10.0 Å². The molecule has 0 spiro atoms. The number of hydrogen-bond acceptors (Lipinski definition) is 3. The minimum absolute atomic E-state index is 0.0174. The van der Waals surface area contributed by atoms with Crippen LogP contribution in [-0.2, 0) is 20.7 Å². The van der Waals surface area contributed by atoms with E-state index in [9.17, 15) is 18.4 Å². The van der Waals surface area contributed by atoms with Gasteiger partial charge in [0, 0.05) is 4.47 Å². The van der Waals surface area contributed by atoms with Crippen LogP contribution < -0.4 is 5.32 Å². The summed E-state index contributed by atoms with van der Waals surface area (Å²) in [6.45, 7) is 1.37. The van der Waals surface area contributed by atoms with Crippen LogP contribution in [-0.4, -0.2) is 18.0 Å². The zero-order valence-electron chi connectivity index (χ0n) is 12.7. The predicted molar refractivity (Wildman–Crippen MR) is 88.4 cm³/mol. The molecule has 24 heavy (non-hydrogen) atoms. The van der Waals surface area contributed by atoms with Gasteiger partial charge in [-0.3, -0.25) is 9.59 Å². The van der Waals surface area contributed by atoms with E-state index >= 15 is 0 Å². The molecule has 2 aromatic rings. The van der Waals surface area contributed by atoms with Gasteiger partial charge in [-0.05, 0) is 42.8 Å². The van der Waals surface area contributed by atoms with Crippen molar-refractivity contribution in [1.29, 1.82) is 0 Å². The van der Waals surface area contributed by atoms with Gasteiger partial charge in [0.05, 0.1) is 12.1 Å². The zero-order chi connectivity index (χ0) is 17.7. The second-order valence-electron chi connectivity index (χ2n) is 5.05. The van der Waals surface area contributed by atoms with Crippen LogP contribution in [0.1, 0.15) is 12.5 Å². The second-order valence-corrected chi connectivity index (χ2v) is 5.97. The number of carbonyl (C=O) groups is 2. The molecule has 4 nitrogen and oxygen atoms in total. The lowest BCUT2D eigenvalue weighted by Crippen LogP contribution is -2.30. The first-order valence-corrected chi connectivity index (χ1v) is 7.84. The van der Waals surface area contributed by atoms with Gasteiger partial charge in [-0.2, -0.15) is 0 Å². The fourth-order valence-electron chi connectivity index (χ4n) is 1.93. The molecule has 1 amide bonds. The minimum atomic E-state index is -1.12. The van der Waals surface area contributed by atoms with Gasteiger partial charge in [0.2, 0.25) is 0 Å². The Balaban J connectivity index is 1.92. The Labute approximate surface area is 145 Å². The highest BCUT2D eigenvalue weighted by atomic mass is 79.9. The number of rotatable bonds is 5. The third-order valence-electron chi connectivity index (χ3n) is 3.10. The van der Waals surface area contributed by atoms with Gasteiger partial charge < -0.3 is 10.1 Å². The van der Waals surface area contributed by atoms with E-state index in [0.717, 1.165) is 0 Å². The van der Waals surface area contributed by atoms with Gasteiger partial charge in [-0.1, -0.05) is 28.1 Å². The molecule has 1 atom stereocenters. The van der Waals surface area contributed by atoms with Crippen LogP contribution in [0.25, 0.3) is 0 Å². The molecule has 0 aliphatic rings. The highest BCUT2D eigenvalue weighted by Gasteiger charge is 2.19. The topological polar surface area (TPSA) is 55.4 Å². The Kier molecular flexibility index (Phi) is 6.03. The molecular weight excluding hydrogens is 384 g/mol. The van der Waals surface area contributed by atoms with Crippen molar-refractivity contribution in [2.75, 3.05) is 5.32 Å². The van der Waals surface area contributed by atoms with Gasteiger partial charge in [-0.15, -0.1) is 0 Å². The van der Waals surface area contributed by atoms with Crippen molar-refractivity contribution in [3.8, 4) is 0 Å². The molecule has 0 unspecified atom stereocenters. The molecule has 7 heteroatoms. The van der Waals surface area contributed by atoms with Gasteiger partial charge in [0.15, 0.2) is 6.10 Å². The number of nitrogens with one attached hydrogen (secondary N) is 1. The molecule has 2 aromatic carbocycles. The molecular formula is C17H14BrF2NO3. The number of amides is 1. The van der Waals surface area contributed by atoms with Crippen LogP contribution in [0.3, 0.4) is 0 Å². The summed E-state index contributed by atoms with van der Waals surface area (Å²) in [7, 11) is 0. The maximum atomic E-state index is 13.7. The van der Waals surface area contributed by atoms with Crippen LogP contribution in [0.4, 0.5) is 14.5 Å². The number of ether oxygens (including phenoxy) is 1. The standard InChI is InChI=1S/C17H14BrF2NO3/c1-10(17(23)21-15-6-5-12(18)9-14(15)20)24-16(22)8-11-3-2-4-13(19)7-11/h2-7,9-10H,8H2,1H3,(H,21,23)/t10-/m1/s1. The Morgan fingerprint density at radius 2 is 1.96 bits per heavy atom. The van der Waals surface area contributed by atoms with E-state index in [1.807, 2.05) is 0 Å². The van der Waals surface area contributed by atoms with Crippen LogP contribution >= 0.6 is 15.9 Å². The van der Waals surface area contributed by atoms with Gasteiger partial charge in [-0.25, -0.2) is 8.78 Å². The SMILES string of the molecule is C[C@@H](OC(=O)Cc1cccc(F)c1)C(=O)Nc1ccc(Br)cc1F. The van der Waals surface area contributed by atoms with E-state index in [2.05, 4.69) is 21.2 Å². The summed E-state index contributed by atoms with van der Waals surface area (Å²) in [6, 6.07) is 9.69. The molecule has 0 aromatic heterocycles. The molecule has 126 valence electrons. The summed E-state index contributed by atoms with van der Waals surface area (Å²) in [6.07, 6.45) is -1.28. The van der Waals surface area contributed by atoms with Crippen molar-refractivity contribution in [2.45, 2.75) is 19.4 Å². The molecule has 0 saturated heterocycles. The summed E-state index contributed by atoms with van der Waals surface area (Å²) >= 11 is 3.11. The molecule has 0 radical (unpaired) electrons. The zero-order valence-corrected chi connectivity index (χ0v) is 14.3. The average molecular weight is 398 g/mol. The first-order valence-electron chi connectivity index (χ1n) is 7.05. The summed E-state index contributed by atoms with van der Waals surface area (Å²) in [5.41, 5.74) is 0.419. The second kappa shape index (κ2) is 8.01. The van der Waals surface area contributed by atoms with Crippen molar-refractivity contribution in [3.63, 3.8) is 0 Å². The quantitative estimate of drug-likeness (QED) is 0.779. The van der Waals surface area contributed by atoms with Crippen molar-refractivity contribution in [3.05, 3.63) is 64.1 Å². The van der Waals surface area contributed by atoms with Crippen LogP contribution in [0.2, 0.25) is 0 Å². The number of benzene rings is 2. The van der Waals surface area contributed by atoms with E-state index in [1.165, 1.54) is 37.3 Å². The van der Waals surface area contributed by atoms with Crippen LogP contribution in [0.5, 0.6) is 0 Å². The Morgan fingerprint density at radius 3 is 2.62 bits per heavy atom. The fraction of sp³-hybridized carbons (Fsp3) is 0.176. The fourth-order valence-corrected chi connectivity index (χ4v) is 2.26. The van der Waals surface area contributed by atoms with Gasteiger partial charge in [0.1, 0.15) is 11.6 Å². The third kappa shape index (κ3) is 5.13. The molecule has 0 saturated carbocycles. The van der Waals surface area contributed by atoms with E-state index < -0.39 is 29.6 Å². The predicted octanol–water partition coefficient (Wildman–Crippen LogP) is 3.84. The van der Waals surface area contributed by atoms with E-state index in [-0.39, 0.29) is 12.1 Å². The Morgan fingerprint density at radius 1 is 1.21 bits per heavy atom. The number of carbonyl (C=O) groups excluding carboxylic acids is 2. The van der Waals surface area contributed by atoms with E-state index in [4.69, 9.17) is 4.74 Å². The molecule has 0 heterocycles. The Bertz CT molecular complexity index is 767. The molecule has 0 aliphatic heterocycles. The van der Waals surface area contributed by atoms with Crippen molar-refractivity contribution < 1.29 is 23.1 Å². The maximum Gasteiger partial charge on any atom is 0.311 e. The molecule has 1 N–H and O–H groups in total. The van der Waals surface area contributed by atoms with Crippen LogP contribution in [0.15, 0.2) is 46.9 Å². The summed E-state index contributed by atoms with van der Waals surface area (Å²) < 4.78 is 32.3. The number of anilines is 1. The minimum Gasteiger partial charge on any atom is -0.452 e. The average Bonchev–Trinajstić information content (AvgIpc) is 2.49. The number of halogens is 3. The lowest BCUT2D eigenvalue weighted by molar-refractivity contribution is -0.152. The first kappa shape index (κ1) is 18.1. The third-order valence-corrected chi connectivity index (χ3v) is 3.60. The van der Waals surface area contributed by atoms with Crippen molar-refractivity contribution >= 4 is 33.5 Å². The van der Waals surface area contributed by atoms with Gasteiger partial charge >= 0.3 is 5.97 Å².